The Bertz CT molecular complexity index is 750. The van der Waals surface area contributed by atoms with Crippen molar-refractivity contribution in [2.24, 2.45) is 0 Å². The average Bonchev–Trinajstić information content (AvgIpc) is 2.96. The maximum absolute atomic E-state index is 13.2. The van der Waals surface area contributed by atoms with Gasteiger partial charge >= 0.3 is 0 Å². The van der Waals surface area contributed by atoms with Crippen molar-refractivity contribution in [3.05, 3.63) is 35.0 Å². The molecule has 2 aliphatic carbocycles. The van der Waals surface area contributed by atoms with Gasteiger partial charge in [0.2, 0.25) is 11.8 Å². The van der Waals surface area contributed by atoms with E-state index in [1.807, 2.05) is 6.92 Å². The first-order valence-electron chi connectivity index (χ1n) is 7.88. The van der Waals surface area contributed by atoms with E-state index in [4.69, 9.17) is 4.52 Å². The number of rotatable bonds is 2. The lowest BCUT2D eigenvalue weighted by Crippen LogP contribution is -2.47. The normalized spacial score (nSPS) is 24.8. The van der Waals surface area contributed by atoms with E-state index < -0.39 is 11.3 Å². The van der Waals surface area contributed by atoms with Crippen LogP contribution in [-0.4, -0.2) is 26.0 Å². The van der Waals surface area contributed by atoms with Gasteiger partial charge in [0, 0.05) is 35.6 Å². The van der Waals surface area contributed by atoms with Crippen molar-refractivity contribution >= 4 is 0 Å². The second kappa shape index (κ2) is 4.79. The summed E-state index contributed by atoms with van der Waals surface area (Å²) in [5.74, 6) is -1.54. The largest absolute Gasteiger partial charge is 0.339 e. The van der Waals surface area contributed by atoms with Gasteiger partial charge in [-0.1, -0.05) is 12.1 Å². The molecule has 0 spiro atoms. The molecule has 0 radical (unpaired) electrons. The monoisotopic (exact) mass is 320 g/mol. The lowest BCUT2D eigenvalue weighted by molar-refractivity contribution is -0.123. The van der Waals surface area contributed by atoms with Gasteiger partial charge in [-0.3, -0.25) is 0 Å². The van der Waals surface area contributed by atoms with Crippen LogP contribution in [-0.2, 0) is 18.3 Å². The van der Waals surface area contributed by atoms with Crippen LogP contribution in [0.5, 0.6) is 0 Å². The van der Waals surface area contributed by atoms with E-state index in [1.54, 1.807) is 13.3 Å². The molecule has 1 fully saturated rings. The van der Waals surface area contributed by atoms with E-state index in [0.717, 1.165) is 36.2 Å². The molecule has 23 heavy (non-hydrogen) atoms. The van der Waals surface area contributed by atoms with Crippen molar-refractivity contribution in [1.82, 2.24) is 20.1 Å². The second-order valence-electron chi connectivity index (χ2n) is 7.05. The smallest absolute Gasteiger partial charge is 0.250 e. The lowest BCUT2D eigenvalue weighted by Gasteiger charge is -2.42. The van der Waals surface area contributed by atoms with Crippen LogP contribution in [0.2, 0.25) is 0 Å². The van der Waals surface area contributed by atoms with Crippen molar-refractivity contribution in [3.8, 4) is 0 Å². The SMILES string of the molecule is Cc1ncnc2c1CC(c1nc(C3(C)CC(F)(F)C3)no1)CC2. The highest BCUT2D eigenvalue weighted by molar-refractivity contribution is 5.29. The van der Waals surface area contributed by atoms with Crippen molar-refractivity contribution < 1.29 is 13.3 Å². The Balaban J connectivity index is 1.56. The van der Waals surface area contributed by atoms with Crippen LogP contribution in [0.4, 0.5) is 8.78 Å². The lowest BCUT2D eigenvalue weighted by atomic mass is 9.67. The first-order chi connectivity index (χ1) is 10.9. The van der Waals surface area contributed by atoms with Crippen LogP contribution >= 0.6 is 0 Å². The molecule has 2 heterocycles. The molecule has 1 saturated carbocycles. The zero-order valence-electron chi connectivity index (χ0n) is 13.1. The minimum atomic E-state index is -2.60. The number of fused-ring (bicyclic) bond motifs is 1. The molecule has 0 aliphatic heterocycles. The summed E-state index contributed by atoms with van der Waals surface area (Å²) in [5.41, 5.74) is 2.53. The highest BCUT2D eigenvalue weighted by Gasteiger charge is 2.57. The summed E-state index contributed by atoms with van der Waals surface area (Å²) in [6, 6.07) is 0. The first kappa shape index (κ1) is 14.7. The van der Waals surface area contributed by atoms with Gasteiger partial charge < -0.3 is 4.52 Å². The fraction of sp³-hybridized carbons (Fsp3) is 0.625. The van der Waals surface area contributed by atoms with Crippen LogP contribution in [0.15, 0.2) is 10.9 Å². The molecule has 2 aliphatic rings. The topological polar surface area (TPSA) is 64.7 Å². The van der Waals surface area contributed by atoms with Crippen LogP contribution in [0.25, 0.3) is 0 Å². The number of alkyl halides is 2. The van der Waals surface area contributed by atoms with Gasteiger partial charge in [0.25, 0.3) is 0 Å². The second-order valence-corrected chi connectivity index (χ2v) is 7.05. The minimum Gasteiger partial charge on any atom is -0.339 e. The Morgan fingerprint density at radius 3 is 2.78 bits per heavy atom. The van der Waals surface area contributed by atoms with E-state index in [9.17, 15) is 8.78 Å². The molecule has 1 atom stereocenters. The highest BCUT2D eigenvalue weighted by Crippen LogP contribution is 2.52. The van der Waals surface area contributed by atoms with E-state index in [1.165, 1.54) is 0 Å². The maximum Gasteiger partial charge on any atom is 0.250 e. The molecule has 1 unspecified atom stereocenters. The molecule has 0 saturated heterocycles. The predicted molar refractivity (Wildman–Crippen MR) is 77.4 cm³/mol. The quantitative estimate of drug-likeness (QED) is 0.850. The zero-order chi connectivity index (χ0) is 16.2. The summed E-state index contributed by atoms with van der Waals surface area (Å²) >= 11 is 0. The van der Waals surface area contributed by atoms with E-state index in [0.29, 0.717) is 11.7 Å². The third-order valence-corrected chi connectivity index (χ3v) is 5.06. The first-order valence-corrected chi connectivity index (χ1v) is 7.88. The number of halogens is 2. The Morgan fingerprint density at radius 1 is 1.26 bits per heavy atom. The predicted octanol–water partition coefficient (Wildman–Crippen LogP) is 3.13. The summed E-state index contributed by atoms with van der Waals surface area (Å²) in [6.45, 7) is 3.74. The summed E-state index contributed by atoms with van der Waals surface area (Å²) in [4.78, 5) is 13.0. The molecule has 0 bridgehead atoms. The average molecular weight is 320 g/mol. The van der Waals surface area contributed by atoms with Crippen LogP contribution in [0, 0.1) is 6.92 Å². The summed E-state index contributed by atoms with van der Waals surface area (Å²) in [7, 11) is 0. The Kier molecular flexibility index (Phi) is 3.05. The molecule has 4 rings (SSSR count). The molecule has 0 amide bonds. The zero-order valence-corrected chi connectivity index (χ0v) is 13.1. The summed E-state index contributed by atoms with van der Waals surface area (Å²) in [6.07, 6.45) is 3.65. The fourth-order valence-corrected chi connectivity index (χ4v) is 3.80. The molecule has 0 aromatic carbocycles. The van der Waals surface area contributed by atoms with Crippen LogP contribution in [0.1, 0.15) is 60.8 Å². The fourth-order valence-electron chi connectivity index (χ4n) is 3.80. The number of aryl methyl sites for hydroxylation is 2. The number of hydrogen-bond donors (Lipinski definition) is 0. The van der Waals surface area contributed by atoms with Crippen molar-refractivity contribution in [2.75, 3.05) is 0 Å². The molecular weight excluding hydrogens is 302 g/mol. The van der Waals surface area contributed by atoms with Gasteiger partial charge in [0.05, 0.1) is 0 Å². The molecular formula is C16H18F2N4O. The Labute approximate surface area is 132 Å². The van der Waals surface area contributed by atoms with Gasteiger partial charge in [-0.15, -0.1) is 0 Å². The van der Waals surface area contributed by atoms with Crippen LogP contribution < -0.4 is 0 Å². The van der Waals surface area contributed by atoms with Crippen molar-refractivity contribution in [3.63, 3.8) is 0 Å². The number of hydrogen-bond acceptors (Lipinski definition) is 5. The molecule has 2 aromatic heterocycles. The van der Waals surface area contributed by atoms with Gasteiger partial charge in [-0.2, -0.15) is 4.98 Å². The van der Waals surface area contributed by atoms with Gasteiger partial charge in [-0.05, 0) is 31.7 Å². The van der Waals surface area contributed by atoms with Gasteiger partial charge in [-0.25, -0.2) is 18.7 Å². The Hall–Kier alpha value is -1.92. The molecule has 0 N–H and O–H groups in total. The molecule has 2 aromatic rings. The molecule has 122 valence electrons. The minimum absolute atomic E-state index is 0.109. The van der Waals surface area contributed by atoms with Gasteiger partial charge in [0.15, 0.2) is 5.82 Å². The number of aromatic nitrogens is 4. The van der Waals surface area contributed by atoms with Crippen molar-refractivity contribution in [1.29, 1.82) is 0 Å². The Morgan fingerprint density at radius 2 is 2.04 bits per heavy atom. The van der Waals surface area contributed by atoms with Crippen molar-refractivity contribution in [2.45, 2.75) is 63.2 Å². The molecule has 7 heteroatoms. The van der Waals surface area contributed by atoms with Crippen LogP contribution in [0.3, 0.4) is 0 Å². The standard InChI is InChI=1S/C16H18F2N4O/c1-9-11-5-10(3-4-12(11)20-8-19-9)13-21-14(22-23-13)15(2)6-16(17,18)7-15/h8,10H,3-7H2,1-2H3. The third-order valence-electron chi connectivity index (χ3n) is 5.06. The van der Waals surface area contributed by atoms with E-state index >= 15 is 0 Å². The maximum atomic E-state index is 13.2. The van der Waals surface area contributed by atoms with E-state index in [-0.39, 0.29) is 18.8 Å². The van der Waals surface area contributed by atoms with E-state index in [2.05, 4.69) is 20.1 Å². The van der Waals surface area contributed by atoms with Gasteiger partial charge in [0.1, 0.15) is 6.33 Å². The summed E-state index contributed by atoms with van der Waals surface area (Å²) < 4.78 is 31.8. The third kappa shape index (κ3) is 2.42. The molecule has 5 nitrogen and oxygen atoms in total. The summed E-state index contributed by atoms with van der Waals surface area (Å²) in [5, 5.41) is 3.98. The number of nitrogens with zero attached hydrogens (tertiary/aromatic N) is 4. The highest BCUT2D eigenvalue weighted by atomic mass is 19.3.